The SMILES string of the molecule is Cc1cnc(Cl)cc1NCc1cnccc1C(F)(F)F. The van der Waals surface area contributed by atoms with Crippen molar-refractivity contribution in [3.63, 3.8) is 0 Å². The van der Waals surface area contributed by atoms with Gasteiger partial charge in [-0.2, -0.15) is 13.2 Å². The Morgan fingerprint density at radius 1 is 1.30 bits per heavy atom. The van der Waals surface area contributed by atoms with Crippen molar-refractivity contribution < 1.29 is 13.2 Å². The molecule has 0 atom stereocenters. The average molecular weight is 302 g/mol. The van der Waals surface area contributed by atoms with Crippen LogP contribution < -0.4 is 5.32 Å². The van der Waals surface area contributed by atoms with Crippen molar-refractivity contribution in [1.29, 1.82) is 0 Å². The first-order valence-corrected chi connectivity index (χ1v) is 6.12. The van der Waals surface area contributed by atoms with Crippen molar-refractivity contribution in [1.82, 2.24) is 9.97 Å². The highest BCUT2D eigenvalue weighted by molar-refractivity contribution is 6.29. The van der Waals surface area contributed by atoms with Crippen molar-refractivity contribution in [2.24, 2.45) is 0 Å². The lowest BCUT2D eigenvalue weighted by atomic mass is 10.1. The van der Waals surface area contributed by atoms with Crippen LogP contribution in [0.15, 0.2) is 30.7 Å². The number of anilines is 1. The number of nitrogens with one attached hydrogen (secondary N) is 1. The molecular formula is C13H11ClF3N3. The molecule has 7 heteroatoms. The van der Waals surface area contributed by atoms with Gasteiger partial charge in [0.1, 0.15) is 5.15 Å². The summed E-state index contributed by atoms with van der Waals surface area (Å²) in [4.78, 5) is 7.62. The van der Waals surface area contributed by atoms with Gasteiger partial charge < -0.3 is 5.32 Å². The van der Waals surface area contributed by atoms with Crippen LogP contribution in [0.4, 0.5) is 18.9 Å². The lowest BCUT2D eigenvalue weighted by Crippen LogP contribution is -2.12. The summed E-state index contributed by atoms with van der Waals surface area (Å²) in [5, 5.41) is 3.20. The largest absolute Gasteiger partial charge is 0.416 e. The Labute approximate surface area is 118 Å². The molecule has 0 aliphatic rings. The molecule has 2 aromatic heterocycles. The topological polar surface area (TPSA) is 37.8 Å². The summed E-state index contributed by atoms with van der Waals surface area (Å²) >= 11 is 5.76. The maximum Gasteiger partial charge on any atom is 0.416 e. The first-order chi connectivity index (χ1) is 9.38. The van der Waals surface area contributed by atoms with Gasteiger partial charge in [0.25, 0.3) is 0 Å². The van der Waals surface area contributed by atoms with Crippen LogP contribution in [-0.4, -0.2) is 9.97 Å². The predicted molar refractivity (Wildman–Crippen MR) is 70.5 cm³/mol. The van der Waals surface area contributed by atoms with E-state index in [-0.39, 0.29) is 17.3 Å². The number of halogens is 4. The highest BCUT2D eigenvalue weighted by Crippen LogP contribution is 2.31. The van der Waals surface area contributed by atoms with Crippen molar-refractivity contribution in [2.75, 3.05) is 5.32 Å². The van der Waals surface area contributed by atoms with Crippen molar-refractivity contribution in [3.8, 4) is 0 Å². The third-order valence-corrected chi connectivity index (χ3v) is 2.95. The number of rotatable bonds is 3. The summed E-state index contributed by atoms with van der Waals surface area (Å²) in [5.74, 6) is 0. The Balaban J connectivity index is 2.21. The molecule has 0 saturated carbocycles. The van der Waals surface area contributed by atoms with Crippen LogP contribution >= 0.6 is 11.6 Å². The predicted octanol–water partition coefficient (Wildman–Crippen LogP) is 4.07. The van der Waals surface area contributed by atoms with Crippen LogP contribution in [0.25, 0.3) is 0 Å². The Morgan fingerprint density at radius 3 is 2.75 bits per heavy atom. The van der Waals surface area contributed by atoms with E-state index >= 15 is 0 Å². The quantitative estimate of drug-likeness (QED) is 0.868. The van der Waals surface area contributed by atoms with E-state index in [9.17, 15) is 13.2 Å². The van der Waals surface area contributed by atoms with E-state index in [1.807, 2.05) is 0 Å². The smallest absolute Gasteiger partial charge is 0.381 e. The molecule has 0 aliphatic heterocycles. The third kappa shape index (κ3) is 3.39. The first kappa shape index (κ1) is 14.6. The number of aromatic nitrogens is 2. The fourth-order valence-electron chi connectivity index (χ4n) is 1.72. The van der Waals surface area contributed by atoms with E-state index in [1.54, 1.807) is 19.2 Å². The maximum atomic E-state index is 12.8. The van der Waals surface area contributed by atoms with Crippen LogP contribution in [0.3, 0.4) is 0 Å². The first-order valence-electron chi connectivity index (χ1n) is 5.74. The summed E-state index contributed by atoms with van der Waals surface area (Å²) in [7, 11) is 0. The molecule has 0 unspecified atom stereocenters. The normalized spacial score (nSPS) is 11.4. The van der Waals surface area contributed by atoms with Gasteiger partial charge >= 0.3 is 6.18 Å². The lowest BCUT2D eigenvalue weighted by Gasteiger charge is -2.14. The summed E-state index contributed by atoms with van der Waals surface area (Å²) in [6.07, 6.45) is -0.516. The van der Waals surface area contributed by atoms with Gasteiger partial charge in [0.05, 0.1) is 5.56 Å². The molecule has 0 fully saturated rings. The average Bonchev–Trinajstić information content (AvgIpc) is 2.39. The summed E-state index contributed by atoms with van der Waals surface area (Å²) in [5.41, 5.74) is 0.818. The highest BCUT2D eigenvalue weighted by atomic mass is 35.5. The Hall–Kier alpha value is -1.82. The van der Waals surface area contributed by atoms with Gasteiger partial charge in [0.2, 0.25) is 0 Å². The van der Waals surface area contributed by atoms with Gasteiger partial charge in [-0.15, -0.1) is 0 Å². The minimum atomic E-state index is -4.40. The number of aryl methyl sites for hydroxylation is 1. The van der Waals surface area contributed by atoms with Crippen LogP contribution in [0.5, 0.6) is 0 Å². The maximum absolute atomic E-state index is 12.8. The zero-order chi connectivity index (χ0) is 14.8. The molecule has 2 heterocycles. The fraction of sp³-hybridized carbons (Fsp3) is 0.231. The number of nitrogens with zero attached hydrogens (tertiary/aromatic N) is 2. The molecule has 0 aromatic carbocycles. The summed E-state index contributed by atoms with van der Waals surface area (Å²) in [6, 6.07) is 2.53. The van der Waals surface area contributed by atoms with E-state index in [0.29, 0.717) is 5.69 Å². The monoisotopic (exact) mass is 301 g/mol. The Morgan fingerprint density at radius 2 is 2.05 bits per heavy atom. The van der Waals surface area contributed by atoms with E-state index in [0.717, 1.165) is 17.8 Å². The second-order valence-corrected chi connectivity index (χ2v) is 4.59. The minimum absolute atomic E-state index is 0.00383. The molecule has 20 heavy (non-hydrogen) atoms. The molecule has 0 aliphatic carbocycles. The van der Waals surface area contributed by atoms with Crippen LogP contribution in [0, 0.1) is 6.92 Å². The molecule has 0 radical (unpaired) electrons. The zero-order valence-electron chi connectivity index (χ0n) is 10.5. The second kappa shape index (κ2) is 5.66. The fourth-order valence-corrected chi connectivity index (χ4v) is 1.88. The second-order valence-electron chi connectivity index (χ2n) is 4.21. The zero-order valence-corrected chi connectivity index (χ0v) is 11.3. The van der Waals surface area contributed by atoms with Gasteiger partial charge in [-0.25, -0.2) is 4.98 Å². The number of hydrogen-bond acceptors (Lipinski definition) is 3. The van der Waals surface area contributed by atoms with E-state index in [1.165, 1.54) is 6.20 Å². The molecule has 3 nitrogen and oxygen atoms in total. The van der Waals surface area contributed by atoms with Gasteiger partial charge in [0, 0.05) is 36.4 Å². The van der Waals surface area contributed by atoms with Crippen molar-refractivity contribution in [2.45, 2.75) is 19.6 Å². The highest BCUT2D eigenvalue weighted by Gasteiger charge is 2.33. The van der Waals surface area contributed by atoms with Crippen molar-refractivity contribution >= 4 is 17.3 Å². The van der Waals surface area contributed by atoms with Crippen molar-refractivity contribution in [3.05, 3.63) is 52.6 Å². The molecule has 2 rings (SSSR count). The third-order valence-electron chi connectivity index (χ3n) is 2.75. The minimum Gasteiger partial charge on any atom is -0.381 e. The standard InChI is InChI=1S/C13H11ClF3N3/c1-8-5-20-12(14)4-11(8)19-7-9-6-18-3-2-10(9)13(15,16)17/h2-6H,7H2,1H3,(H,19,20). The van der Waals surface area contributed by atoms with E-state index in [2.05, 4.69) is 15.3 Å². The Bertz CT molecular complexity index is 614. The molecule has 2 aromatic rings. The van der Waals surface area contributed by atoms with Crippen LogP contribution in [0.1, 0.15) is 16.7 Å². The van der Waals surface area contributed by atoms with Crippen LogP contribution in [-0.2, 0) is 12.7 Å². The summed E-state index contributed by atoms with van der Waals surface area (Å²) < 4.78 is 38.5. The van der Waals surface area contributed by atoms with Gasteiger partial charge in [-0.05, 0) is 24.6 Å². The van der Waals surface area contributed by atoms with Gasteiger partial charge in [-0.1, -0.05) is 11.6 Å². The summed E-state index contributed by atoms with van der Waals surface area (Å²) in [6.45, 7) is 1.80. The van der Waals surface area contributed by atoms with Gasteiger partial charge in [-0.3, -0.25) is 4.98 Å². The number of hydrogen-bond donors (Lipinski definition) is 1. The van der Waals surface area contributed by atoms with Gasteiger partial charge in [0.15, 0.2) is 0 Å². The van der Waals surface area contributed by atoms with Crippen LogP contribution in [0.2, 0.25) is 5.15 Å². The molecule has 0 bridgehead atoms. The molecular weight excluding hydrogens is 291 g/mol. The number of pyridine rings is 2. The lowest BCUT2D eigenvalue weighted by molar-refractivity contribution is -0.138. The molecule has 0 amide bonds. The van der Waals surface area contributed by atoms with E-state index in [4.69, 9.17) is 11.6 Å². The number of alkyl halides is 3. The van der Waals surface area contributed by atoms with E-state index < -0.39 is 11.7 Å². The molecule has 0 saturated heterocycles. The molecule has 1 N–H and O–H groups in total. The Kier molecular flexibility index (Phi) is 4.13. The molecule has 106 valence electrons. The molecule has 0 spiro atoms.